The Balaban J connectivity index is 1.71. The van der Waals surface area contributed by atoms with E-state index >= 15 is 0 Å². The van der Waals surface area contributed by atoms with Gasteiger partial charge in [-0.1, -0.05) is 55.2 Å². The highest BCUT2D eigenvalue weighted by molar-refractivity contribution is 6.40. The van der Waals surface area contributed by atoms with Crippen LogP contribution in [0.15, 0.2) is 42.5 Å². The summed E-state index contributed by atoms with van der Waals surface area (Å²) in [6.45, 7) is 4.22. The van der Waals surface area contributed by atoms with Gasteiger partial charge in [0.1, 0.15) is 5.41 Å². The molecule has 0 aliphatic heterocycles. The SMILES string of the molecule is CC(C)c1ccc(NC(=O)C2(C(=O)Nc3c(Cl)cccc3Cl)CC2)cc1. The number of anilines is 2. The van der Waals surface area contributed by atoms with Crippen molar-refractivity contribution < 1.29 is 9.59 Å². The van der Waals surface area contributed by atoms with Crippen molar-refractivity contribution in [3.05, 3.63) is 58.1 Å². The molecule has 0 aromatic heterocycles. The van der Waals surface area contributed by atoms with E-state index in [4.69, 9.17) is 23.2 Å². The highest BCUT2D eigenvalue weighted by Gasteiger charge is 2.56. The van der Waals surface area contributed by atoms with Crippen molar-refractivity contribution >= 4 is 46.4 Å². The Kier molecular flexibility index (Phi) is 5.26. The Bertz CT molecular complexity index is 823. The van der Waals surface area contributed by atoms with Crippen LogP contribution in [-0.2, 0) is 9.59 Å². The monoisotopic (exact) mass is 390 g/mol. The van der Waals surface area contributed by atoms with Crippen molar-refractivity contribution in [1.29, 1.82) is 0 Å². The Morgan fingerprint density at radius 3 is 1.96 bits per heavy atom. The van der Waals surface area contributed by atoms with Crippen molar-refractivity contribution in [2.75, 3.05) is 10.6 Å². The zero-order valence-electron chi connectivity index (χ0n) is 14.6. The molecule has 0 spiro atoms. The van der Waals surface area contributed by atoms with Crippen LogP contribution >= 0.6 is 23.2 Å². The second-order valence-corrected chi connectivity index (χ2v) is 7.68. The Morgan fingerprint density at radius 1 is 0.923 bits per heavy atom. The maximum absolute atomic E-state index is 12.7. The van der Waals surface area contributed by atoms with Gasteiger partial charge in [-0.25, -0.2) is 0 Å². The van der Waals surface area contributed by atoms with Crippen LogP contribution in [0.2, 0.25) is 10.0 Å². The minimum Gasteiger partial charge on any atom is -0.325 e. The summed E-state index contributed by atoms with van der Waals surface area (Å²) in [7, 11) is 0. The normalized spacial score (nSPS) is 14.8. The van der Waals surface area contributed by atoms with Gasteiger partial charge in [0.2, 0.25) is 11.8 Å². The third-order valence-electron chi connectivity index (χ3n) is 4.66. The van der Waals surface area contributed by atoms with E-state index in [0.717, 1.165) is 0 Å². The second kappa shape index (κ2) is 7.29. The van der Waals surface area contributed by atoms with Gasteiger partial charge >= 0.3 is 0 Å². The lowest BCUT2D eigenvalue weighted by Crippen LogP contribution is -2.35. The summed E-state index contributed by atoms with van der Waals surface area (Å²) in [5.41, 5.74) is 1.13. The molecule has 136 valence electrons. The molecule has 2 amide bonds. The Labute approximate surface area is 162 Å². The minimum atomic E-state index is -1.07. The number of carbonyl (C=O) groups excluding carboxylic acids is 2. The molecule has 1 saturated carbocycles. The maximum Gasteiger partial charge on any atom is 0.240 e. The van der Waals surface area contributed by atoms with Crippen molar-refractivity contribution in [3.63, 3.8) is 0 Å². The molecule has 6 heteroatoms. The second-order valence-electron chi connectivity index (χ2n) is 6.86. The summed E-state index contributed by atoms with van der Waals surface area (Å²) in [6, 6.07) is 12.6. The molecule has 2 aromatic rings. The van der Waals surface area contributed by atoms with Crippen molar-refractivity contribution in [2.24, 2.45) is 5.41 Å². The first-order chi connectivity index (χ1) is 12.3. The minimum absolute atomic E-state index is 0.310. The smallest absolute Gasteiger partial charge is 0.240 e. The van der Waals surface area contributed by atoms with Gasteiger partial charge in [0.05, 0.1) is 15.7 Å². The van der Waals surface area contributed by atoms with Gasteiger partial charge in [0, 0.05) is 5.69 Å². The molecule has 0 atom stereocenters. The lowest BCUT2D eigenvalue weighted by molar-refractivity contribution is -0.131. The first-order valence-electron chi connectivity index (χ1n) is 8.50. The molecule has 0 bridgehead atoms. The highest BCUT2D eigenvalue weighted by Crippen LogP contribution is 2.48. The summed E-state index contributed by atoms with van der Waals surface area (Å²) in [5, 5.41) is 6.23. The van der Waals surface area contributed by atoms with Crippen LogP contribution in [-0.4, -0.2) is 11.8 Å². The predicted octanol–water partition coefficient (Wildman–Crippen LogP) is 5.47. The van der Waals surface area contributed by atoms with E-state index in [1.54, 1.807) is 18.2 Å². The molecule has 2 N–H and O–H groups in total. The molecular weight excluding hydrogens is 371 g/mol. The standard InChI is InChI=1S/C20H20Cl2N2O2/c1-12(2)13-6-8-14(9-7-13)23-18(25)20(10-11-20)19(26)24-17-15(21)4-3-5-16(17)22/h3-9,12H,10-11H2,1-2H3,(H,23,25)(H,24,26). The van der Waals surface area contributed by atoms with Crippen molar-refractivity contribution in [3.8, 4) is 0 Å². The quantitative estimate of drug-likeness (QED) is 0.664. The molecule has 0 heterocycles. The molecule has 1 fully saturated rings. The molecule has 0 radical (unpaired) electrons. The summed E-state index contributed by atoms with van der Waals surface area (Å²) in [4.78, 5) is 25.4. The van der Waals surface area contributed by atoms with Crippen LogP contribution in [0.4, 0.5) is 11.4 Å². The zero-order valence-corrected chi connectivity index (χ0v) is 16.1. The fourth-order valence-corrected chi connectivity index (χ4v) is 3.23. The number of hydrogen-bond donors (Lipinski definition) is 2. The molecule has 4 nitrogen and oxygen atoms in total. The van der Waals surface area contributed by atoms with Gasteiger partial charge in [-0.15, -0.1) is 0 Å². The first-order valence-corrected chi connectivity index (χ1v) is 9.26. The molecule has 0 unspecified atom stereocenters. The van der Waals surface area contributed by atoms with Crippen LogP contribution in [0.1, 0.15) is 38.2 Å². The molecule has 26 heavy (non-hydrogen) atoms. The van der Waals surface area contributed by atoms with E-state index in [-0.39, 0.29) is 11.8 Å². The number of para-hydroxylation sites is 1. The van der Waals surface area contributed by atoms with Crippen molar-refractivity contribution in [2.45, 2.75) is 32.6 Å². The number of nitrogens with one attached hydrogen (secondary N) is 2. The first kappa shape index (κ1) is 18.7. The average molecular weight is 391 g/mol. The van der Waals surface area contributed by atoms with Crippen LogP contribution in [0, 0.1) is 5.41 Å². The molecule has 0 saturated heterocycles. The van der Waals surface area contributed by atoms with Crippen LogP contribution < -0.4 is 10.6 Å². The van der Waals surface area contributed by atoms with Crippen LogP contribution in [0.5, 0.6) is 0 Å². The summed E-state index contributed by atoms with van der Waals surface area (Å²) in [6.07, 6.45) is 0.994. The van der Waals surface area contributed by atoms with Gasteiger partial charge in [-0.3, -0.25) is 9.59 Å². The number of hydrogen-bond acceptors (Lipinski definition) is 2. The fourth-order valence-electron chi connectivity index (χ4n) is 2.73. The third-order valence-corrected chi connectivity index (χ3v) is 5.29. The molecule has 2 aromatic carbocycles. The number of amides is 2. The van der Waals surface area contributed by atoms with Crippen LogP contribution in [0.25, 0.3) is 0 Å². The third kappa shape index (κ3) is 3.71. The van der Waals surface area contributed by atoms with Gasteiger partial charge in [0.15, 0.2) is 0 Å². The van der Waals surface area contributed by atoms with Gasteiger partial charge in [-0.05, 0) is 48.6 Å². The molecule has 3 rings (SSSR count). The molecule has 1 aliphatic carbocycles. The van der Waals surface area contributed by atoms with E-state index in [0.29, 0.717) is 40.2 Å². The summed E-state index contributed by atoms with van der Waals surface area (Å²) >= 11 is 12.2. The van der Waals surface area contributed by atoms with E-state index < -0.39 is 5.41 Å². The lowest BCUT2D eigenvalue weighted by atomic mass is 10.0. The average Bonchev–Trinajstić information content (AvgIpc) is 3.40. The molecule has 1 aliphatic rings. The zero-order chi connectivity index (χ0) is 18.9. The van der Waals surface area contributed by atoms with E-state index in [1.165, 1.54) is 5.56 Å². The summed E-state index contributed by atoms with van der Waals surface area (Å²) < 4.78 is 0. The number of carbonyl (C=O) groups is 2. The van der Waals surface area contributed by atoms with Gasteiger partial charge in [-0.2, -0.15) is 0 Å². The van der Waals surface area contributed by atoms with Gasteiger partial charge in [0.25, 0.3) is 0 Å². The predicted molar refractivity (Wildman–Crippen MR) is 106 cm³/mol. The van der Waals surface area contributed by atoms with E-state index in [1.807, 2.05) is 24.3 Å². The highest BCUT2D eigenvalue weighted by atomic mass is 35.5. The number of benzene rings is 2. The number of halogens is 2. The number of rotatable bonds is 5. The van der Waals surface area contributed by atoms with E-state index in [2.05, 4.69) is 24.5 Å². The van der Waals surface area contributed by atoms with Crippen molar-refractivity contribution in [1.82, 2.24) is 0 Å². The van der Waals surface area contributed by atoms with E-state index in [9.17, 15) is 9.59 Å². The van der Waals surface area contributed by atoms with Gasteiger partial charge < -0.3 is 10.6 Å². The van der Waals surface area contributed by atoms with Crippen LogP contribution in [0.3, 0.4) is 0 Å². The lowest BCUT2D eigenvalue weighted by Gasteiger charge is -2.17. The molecular formula is C20H20Cl2N2O2. The summed E-state index contributed by atoms with van der Waals surface area (Å²) in [5.74, 6) is -0.278. The maximum atomic E-state index is 12.7. The largest absolute Gasteiger partial charge is 0.325 e. The topological polar surface area (TPSA) is 58.2 Å². The Hall–Kier alpha value is -2.04. The fraction of sp³-hybridized carbons (Fsp3) is 0.300. The Morgan fingerprint density at radius 2 is 1.46 bits per heavy atom.